The molecule has 0 saturated heterocycles. The van der Waals surface area contributed by atoms with Gasteiger partial charge in [-0.05, 0) is 54.6 Å². The number of hydrogen-bond acceptors (Lipinski definition) is 6. The van der Waals surface area contributed by atoms with Crippen molar-refractivity contribution in [2.24, 2.45) is 0 Å². The van der Waals surface area contributed by atoms with Crippen LogP contribution in [0.2, 0.25) is 0 Å². The van der Waals surface area contributed by atoms with E-state index in [9.17, 15) is 26.0 Å². The van der Waals surface area contributed by atoms with Gasteiger partial charge in [-0.25, -0.2) is 30.7 Å². The number of amides is 1. The fourth-order valence-electron chi connectivity index (χ4n) is 3.47. The molecule has 0 saturated carbocycles. The molecule has 1 unspecified atom stereocenters. The summed E-state index contributed by atoms with van der Waals surface area (Å²) in [6.07, 6.45) is -2.27. The number of ether oxygens (including phenoxy) is 1. The van der Waals surface area contributed by atoms with Crippen LogP contribution in [0.25, 0.3) is 0 Å². The Balaban J connectivity index is 1.67. The molecule has 1 amide bonds. The highest BCUT2D eigenvalue weighted by Crippen LogP contribution is 2.39. The number of benzene rings is 3. The monoisotopic (exact) mass is 521 g/mol. The number of anilines is 2. The lowest BCUT2D eigenvalue weighted by Crippen LogP contribution is -2.48. The molecule has 0 fully saturated rings. The summed E-state index contributed by atoms with van der Waals surface area (Å²) in [5, 5.41) is 11.2. The summed E-state index contributed by atoms with van der Waals surface area (Å²) in [4.78, 5) is 10.9. The average Bonchev–Trinajstić information content (AvgIpc) is 2.83. The van der Waals surface area contributed by atoms with Crippen molar-refractivity contribution < 1.29 is 35.9 Å². The maximum atomic E-state index is 13.4. The molecule has 0 aliphatic carbocycles. The van der Waals surface area contributed by atoms with E-state index >= 15 is 0 Å². The predicted octanol–water partition coefficient (Wildman–Crippen LogP) is 2.85. The lowest BCUT2D eigenvalue weighted by molar-refractivity contribution is 0.203. The van der Waals surface area contributed by atoms with Gasteiger partial charge in [-0.15, -0.1) is 0 Å². The van der Waals surface area contributed by atoms with Crippen LogP contribution in [-0.4, -0.2) is 47.2 Å². The van der Waals surface area contributed by atoms with Gasteiger partial charge in [-0.2, -0.15) is 0 Å². The molecule has 0 aromatic heterocycles. The summed E-state index contributed by atoms with van der Waals surface area (Å²) in [6, 6.07) is 15.9. The largest absolute Gasteiger partial charge is 0.485 e. The first-order valence-corrected chi connectivity index (χ1v) is 13.1. The first kappa shape index (κ1) is 24.4. The van der Waals surface area contributed by atoms with Gasteiger partial charge in [-0.1, -0.05) is 18.2 Å². The van der Waals surface area contributed by atoms with Crippen molar-refractivity contribution in [1.29, 1.82) is 0 Å². The molecule has 1 aliphatic heterocycles. The molecule has 1 atom stereocenters. The third-order valence-corrected chi connectivity index (χ3v) is 8.33. The van der Waals surface area contributed by atoms with Gasteiger partial charge in [0.05, 0.1) is 22.0 Å². The van der Waals surface area contributed by atoms with E-state index in [2.05, 4.69) is 10.0 Å². The van der Waals surface area contributed by atoms with Gasteiger partial charge in [0, 0.05) is 12.2 Å². The van der Waals surface area contributed by atoms with Crippen LogP contribution < -0.4 is 19.1 Å². The van der Waals surface area contributed by atoms with Gasteiger partial charge < -0.3 is 9.84 Å². The second-order valence-electron chi connectivity index (χ2n) is 7.51. The Labute approximate surface area is 201 Å². The number of carbonyl (C=O) groups is 1. The van der Waals surface area contributed by atoms with Crippen LogP contribution in [0.4, 0.5) is 20.6 Å². The normalized spacial score (nSPS) is 15.7. The number of rotatable bonds is 7. The van der Waals surface area contributed by atoms with Crippen molar-refractivity contribution >= 4 is 37.5 Å². The SMILES string of the molecule is O=C(O)Nc1ccc2c(c1)N(S(=O)(=O)c1ccc(F)cc1)CC(CNS(=O)(=O)c1ccccc1)O2. The number of nitrogens with zero attached hydrogens (tertiary/aromatic N) is 1. The highest BCUT2D eigenvalue weighted by atomic mass is 32.2. The van der Waals surface area contributed by atoms with Crippen LogP contribution in [0.5, 0.6) is 5.75 Å². The minimum atomic E-state index is -4.24. The van der Waals surface area contributed by atoms with Crippen LogP contribution in [0.1, 0.15) is 0 Å². The van der Waals surface area contributed by atoms with E-state index in [1.807, 2.05) is 0 Å². The Morgan fingerprint density at radius 3 is 2.34 bits per heavy atom. The van der Waals surface area contributed by atoms with Crippen LogP contribution in [0.3, 0.4) is 0 Å². The minimum absolute atomic E-state index is 0.0383. The fourth-order valence-corrected chi connectivity index (χ4v) is 6.05. The Kier molecular flexibility index (Phi) is 6.65. The number of halogens is 1. The quantitative estimate of drug-likeness (QED) is 0.434. The van der Waals surface area contributed by atoms with Crippen molar-refractivity contribution in [3.8, 4) is 5.75 Å². The topological polar surface area (TPSA) is 142 Å². The molecule has 1 heterocycles. The number of sulfonamides is 2. The summed E-state index contributed by atoms with van der Waals surface area (Å²) in [5.41, 5.74) is 0.144. The fraction of sp³-hybridized carbons (Fsp3) is 0.136. The maximum absolute atomic E-state index is 13.4. The van der Waals surface area contributed by atoms with Crippen molar-refractivity contribution in [2.75, 3.05) is 22.7 Å². The minimum Gasteiger partial charge on any atom is -0.485 e. The zero-order chi connectivity index (χ0) is 25.2. The van der Waals surface area contributed by atoms with E-state index in [0.717, 1.165) is 28.6 Å². The second-order valence-corrected chi connectivity index (χ2v) is 11.1. The van der Waals surface area contributed by atoms with Gasteiger partial charge in [0.25, 0.3) is 10.0 Å². The van der Waals surface area contributed by atoms with Crippen molar-refractivity contribution in [2.45, 2.75) is 15.9 Å². The summed E-state index contributed by atoms with van der Waals surface area (Å²) >= 11 is 0. The molecule has 0 bridgehead atoms. The van der Waals surface area contributed by atoms with Crippen LogP contribution in [0, 0.1) is 5.82 Å². The van der Waals surface area contributed by atoms with Gasteiger partial charge in [0.15, 0.2) is 0 Å². The molecular formula is C22H20FN3O7S2. The molecule has 3 aromatic carbocycles. The number of hydrogen-bond donors (Lipinski definition) is 3. The zero-order valence-electron chi connectivity index (χ0n) is 18.0. The van der Waals surface area contributed by atoms with E-state index in [0.29, 0.717) is 0 Å². The Hall–Kier alpha value is -3.68. The van der Waals surface area contributed by atoms with Crippen molar-refractivity contribution in [1.82, 2.24) is 4.72 Å². The van der Waals surface area contributed by atoms with E-state index in [4.69, 9.17) is 9.84 Å². The molecule has 0 radical (unpaired) electrons. The molecule has 1 aliphatic rings. The number of fused-ring (bicyclic) bond motifs is 1. The Bertz CT molecular complexity index is 1450. The van der Waals surface area contributed by atoms with E-state index < -0.39 is 38.1 Å². The first-order valence-electron chi connectivity index (χ1n) is 10.2. The summed E-state index contributed by atoms with van der Waals surface area (Å²) in [7, 11) is -8.12. The standard InChI is InChI=1S/C22H20FN3O7S2/c23-15-6-9-19(10-7-15)35(31,32)26-14-17(13-24-34(29,30)18-4-2-1-3-5-18)33-21-11-8-16(12-20(21)26)25-22(27)28/h1-12,17,24-25H,13-14H2,(H,27,28). The lowest BCUT2D eigenvalue weighted by Gasteiger charge is -2.35. The molecule has 10 nitrogen and oxygen atoms in total. The Morgan fingerprint density at radius 2 is 1.69 bits per heavy atom. The molecular weight excluding hydrogens is 501 g/mol. The number of carboxylic acid groups (broad SMARTS) is 1. The smallest absolute Gasteiger partial charge is 0.409 e. The molecule has 3 N–H and O–H groups in total. The van der Waals surface area contributed by atoms with Crippen LogP contribution in [-0.2, 0) is 20.0 Å². The summed E-state index contributed by atoms with van der Waals surface area (Å²) in [6.45, 7) is -0.540. The van der Waals surface area contributed by atoms with Gasteiger partial charge in [0.1, 0.15) is 17.7 Å². The lowest BCUT2D eigenvalue weighted by atomic mass is 10.2. The van der Waals surface area contributed by atoms with Crippen molar-refractivity contribution in [3.05, 3.63) is 78.6 Å². The molecule has 3 aromatic rings. The summed E-state index contributed by atoms with van der Waals surface area (Å²) < 4.78 is 74.7. The molecule has 35 heavy (non-hydrogen) atoms. The van der Waals surface area contributed by atoms with Crippen LogP contribution >= 0.6 is 0 Å². The van der Waals surface area contributed by atoms with E-state index in [1.54, 1.807) is 18.2 Å². The molecule has 4 rings (SSSR count). The van der Waals surface area contributed by atoms with Gasteiger partial charge >= 0.3 is 6.09 Å². The van der Waals surface area contributed by atoms with Gasteiger partial charge in [0.2, 0.25) is 10.0 Å². The highest BCUT2D eigenvalue weighted by molar-refractivity contribution is 7.92. The average molecular weight is 522 g/mol. The summed E-state index contributed by atoms with van der Waals surface area (Å²) in [5.74, 6) is -0.519. The van der Waals surface area contributed by atoms with Gasteiger partial charge in [-0.3, -0.25) is 9.62 Å². The van der Waals surface area contributed by atoms with E-state index in [-0.39, 0.29) is 40.0 Å². The molecule has 13 heteroatoms. The maximum Gasteiger partial charge on any atom is 0.409 e. The third kappa shape index (κ3) is 5.37. The molecule has 0 spiro atoms. The Morgan fingerprint density at radius 1 is 1.00 bits per heavy atom. The highest BCUT2D eigenvalue weighted by Gasteiger charge is 2.35. The first-order chi connectivity index (χ1) is 16.6. The van der Waals surface area contributed by atoms with E-state index in [1.165, 1.54) is 30.3 Å². The van der Waals surface area contributed by atoms with Crippen molar-refractivity contribution in [3.63, 3.8) is 0 Å². The second kappa shape index (κ2) is 9.52. The third-order valence-electron chi connectivity index (χ3n) is 5.10. The zero-order valence-corrected chi connectivity index (χ0v) is 19.6. The molecule has 184 valence electrons. The van der Waals surface area contributed by atoms with Crippen LogP contribution in [0.15, 0.2) is 82.6 Å². The number of nitrogens with one attached hydrogen (secondary N) is 2. The predicted molar refractivity (Wildman–Crippen MR) is 125 cm³/mol.